The van der Waals surface area contributed by atoms with Gasteiger partial charge >= 0.3 is 0 Å². The van der Waals surface area contributed by atoms with Crippen molar-refractivity contribution in [2.45, 2.75) is 31.7 Å². The fraction of sp³-hybridized carbons (Fsp3) is 0.875. The predicted molar refractivity (Wildman–Crippen MR) is 44.3 cm³/mol. The minimum Gasteiger partial charge on any atom is -0.354 e. The lowest BCUT2D eigenvalue weighted by atomic mass is 9.81. The van der Waals surface area contributed by atoms with Crippen LogP contribution >= 0.6 is 0 Å². The fourth-order valence-corrected chi connectivity index (χ4v) is 1.34. The molecule has 1 fully saturated rings. The highest BCUT2D eigenvalue weighted by atomic mass is 19.3. The quantitative estimate of drug-likeness (QED) is 0.684. The van der Waals surface area contributed by atoms with Crippen LogP contribution < -0.4 is 11.1 Å². The van der Waals surface area contributed by atoms with Crippen molar-refractivity contribution in [1.82, 2.24) is 5.32 Å². The number of hydrogen-bond acceptors (Lipinski definition) is 2. The molecule has 0 heterocycles. The number of nitrogens with one attached hydrogen (secondary N) is 1. The molecule has 1 rings (SSSR count). The Morgan fingerprint density at radius 1 is 1.69 bits per heavy atom. The zero-order valence-corrected chi connectivity index (χ0v) is 7.52. The maximum absolute atomic E-state index is 12.3. The van der Waals surface area contributed by atoms with Gasteiger partial charge in [0, 0.05) is 19.4 Å². The van der Waals surface area contributed by atoms with Gasteiger partial charge in [0.2, 0.25) is 11.8 Å². The summed E-state index contributed by atoms with van der Waals surface area (Å²) in [6.45, 7) is 1.88. The summed E-state index contributed by atoms with van der Waals surface area (Å²) in [7, 11) is 0. The number of rotatable bonds is 3. The second kappa shape index (κ2) is 3.57. The zero-order valence-electron chi connectivity index (χ0n) is 7.52. The molecule has 13 heavy (non-hydrogen) atoms. The summed E-state index contributed by atoms with van der Waals surface area (Å²) >= 11 is 0. The van der Waals surface area contributed by atoms with Crippen LogP contribution in [0.2, 0.25) is 0 Å². The highest BCUT2D eigenvalue weighted by Gasteiger charge is 2.44. The van der Waals surface area contributed by atoms with Gasteiger partial charge in [-0.15, -0.1) is 0 Å². The van der Waals surface area contributed by atoms with E-state index < -0.39 is 12.0 Å². The number of halogens is 2. The van der Waals surface area contributed by atoms with E-state index in [0.717, 1.165) is 0 Å². The summed E-state index contributed by atoms with van der Waals surface area (Å²) in [4.78, 5) is 10.9. The third-order valence-electron chi connectivity index (χ3n) is 2.15. The lowest BCUT2D eigenvalue weighted by Gasteiger charge is -2.34. The fourth-order valence-electron chi connectivity index (χ4n) is 1.34. The van der Waals surface area contributed by atoms with E-state index in [-0.39, 0.29) is 24.7 Å². The van der Waals surface area contributed by atoms with Crippen LogP contribution in [0, 0.1) is 5.92 Å². The van der Waals surface area contributed by atoms with Crippen LogP contribution in [0.15, 0.2) is 0 Å². The molecule has 5 heteroatoms. The number of alkyl halides is 2. The van der Waals surface area contributed by atoms with Crippen LogP contribution in [0.1, 0.15) is 19.8 Å². The van der Waals surface area contributed by atoms with Gasteiger partial charge in [0.05, 0.1) is 6.04 Å². The van der Waals surface area contributed by atoms with Crippen LogP contribution in [0.3, 0.4) is 0 Å². The molecule has 1 aliphatic carbocycles. The molecule has 0 spiro atoms. The SMILES string of the molecule is C[C@@H](N)C(=O)NCC1CC(F)(F)C1. The average molecular weight is 192 g/mol. The van der Waals surface area contributed by atoms with E-state index >= 15 is 0 Å². The molecule has 0 radical (unpaired) electrons. The summed E-state index contributed by atoms with van der Waals surface area (Å²) in [5.74, 6) is -2.88. The smallest absolute Gasteiger partial charge is 0.248 e. The number of nitrogens with two attached hydrogens (primary N) is 1. The second-order valence-corrected chi connectivity index (χ2v) is 3.66. The third-order valence-corrected chi connectivity index (χ3v) is 2.15. The van der Waals surface area contributed by atoms with Crippen molar-refractivity contribution >= 4 is 5.91 Å². The Morgan fingerprint density at radius 3 is 2.62 bits per heavy atom. The molecule has 3 N–H and O–H groups in total. The molecule has 0 aliphatic heterocycles. The second-order valence-electron chi connectivity index (χ2n) is 3.66. The summed E-state index contributed by atoms with van der Waals surface area (Å²) in [5.41, 5.74) is 5.27. The molecule has 0 aromatic rings. The standard InChI is InChI=1S/C8H14F2N2O/c1-5(11)7(13)12-4-6-2-8(9,10)3-6/h5-6H,2-4,11H2,1H3,(H,12,13)/t5-/m1/s1. The molecule has 0 saturated heterocycles. The van der Waals surface area contributed by atoms with Crippen molar-refractivity contribution < 1.29 is 13.6 Å². The summed E-state index contributed by atoms with van der Waals surface area (Å²) in [6, 6.07) is -0.569. The first-order valence-electron chi connectivity index (χ1n) is 4.32. The molecule has 1 atom stereocenters. The van der Waals surface area contributed by atoms with Gasteiger partial charge in [-0.05, 0) is 12.8 Å². The molecule has 76 valence electrons. The lowest BCUT2D eigenvalue weighted by Crippen LogP contribution is -2.46. The van der Waals surface area contributed by atoms with Gasteiger partial charge in [-0.1, -0.05) is 0 Å². The van der Waals surface area contributed by atoms with Gasteiger partial charge < -0.3 is 11.1 Å². The molecule has 3 nitrogen and oxygen atoms in total. The molecular formula is C8H14F2N2O. The summed E-state index contributed by atoms with van der Waals surface area (Å²) in [6.07, 6.45) is -0.238. The highest BCUT2D eigenvalue weighted by Crippen LogP contribution is 2.41. The third kappa shape index (κ3) is 2.91. The molecule has 1 saturated carbocycles. The minimum absolute atomic E-state index is 0.0855. The Hall–Kier alpha value is -0.710. The Bertz CT molecular complexity index is 198. The van der Waals surface area contributed by atoms with Crippen LogP contribution in [0.5, 0.6) is 0 Å². The molecule has 0 bridgehead atoms. The Labute approximate surface area is 75.7 Å². The van der Waals surface area contributed by atoms with E-state index in [9.17, 15) is 13.6 Å². The van der Waals surface area contributed by atoms with Crippen LogP contribution in [0.25, 0.3) is 0 Å². The zero-order chi connectivity index (χ0) is 10.1. The van der Waals surface area contributed by atoms with Gasteiger partial charge in [-0.3, -0.25) is 4.79 Å². The first kappa shape index (κ1) is 10.4. The van der Waals surface area contributed by atoms with Crippen molar-refractivity contribution in [2.75, 3.05) is 6.54 Å². The van der Waals surface area contributed by atoms with Crippen molar-refractivity contribution in [3.8, 4) is 0 Å². The summed E-state index contributed by atoms with van der Waals surface area (Å²) in [5, 5.41) is 2.52. The maximum atomic E-state index is 12.3. The largest absolute Gasteiger partial charge is 0.354 e. The lowest BCUT2D eigenvalue weighted by molar-refractivity contribution is -0.126. The van der Waals surface area contributed by atoms with Crippen molar-refractivity contribution in [3.63, 3.8) is 0 Å². The Morgan fingerprint density at radius 2 is 2.23 bits per heavy atom. The topological polar surface area (TPSA) is 55.1 Å². The number of carbonyl (C=O) groups excluding carboxylic acids is 1. The normalized spacial score (nSPS) is 23.4. The monoisotopic (exact) mass is 192 g/mol. The number of hydrogen-bond donors (Lipinski definition) is 2. The van der Waals surface area contributed by atoms with E-state index in [1.165, 1.54) is 0 Å². The van der Waals surface area contributed by atoms with Gasteiger partial charge in [0.25, 0.3) is 0 Å². The Balaban J connectivity index is 2.12. The molecular weight excluding hydrogens is 178 g/mol. The Kier molecular flexibility index (Phi) is 2.85. The van der Waals surface area contributed by atoms with Crippen molar-refractivity contribution in [1.29, 1.82) is 0 Å². The predicted octanol–water partition coefficient (Wildman–Crippen LogP) is 0.495. The van der Waals surface area contributed by atoms with Crippen LogP contribution in [-0.4, -0.2) is 24.4 Å². The van der Waals surface area contributed by atoms with Gasteiger partial charge in [-0.2, -0.15) is 0 Å². The highest BCUT2D eigenvalue weighted by molar-refractivity contribution is 5.80. The van der Waals surface area contributed by atoms with Crippen LogP contribution in [0.4, 0.5) is 8.78 Å². The molecule has 0 aromatic heterocycles. The maximum Gasteiger partial charge on any atom is 0.248 e. The van der Waals surface area contributed by atoms with E-state index in [4.69, 9.17) is 5.73 Å². The molecule has 1 amide bonds. The average Bonchev–Trinajstić information content (AvgIpc) is 1.95. The van der Waals surface area contributed by atoms with Crippen LogP contribution in [-0.2, 0) is 4.79 Å². The van der Waals surface area contributed by atoms with E-state index in [0.29, 0.717) is 6.54 Å². The molecule has 0 unspecified atom stereocenters. The van der Waals surface area contributed by atoms with Gasteiger partial charge in [-0.25, -0.2) is 8.78 Å². The molecule has 1 aliphatic rings. The first-order valence-corrected chi connectivity index (χ1v) is 4.32. The van der Waals surface area contributed by atoms with Gasteiger partial charge in [0.1, 0.15) is 0 Å². The van der Waals surface area contributed by atoms with E-state index in [2.05, 4.69) is 5.32 Å². The molecule has 0 aromatic carbocycles. The van der Waals surface area contributed by atoms with E-state index in [1.807, 2.05) is 0 Å². The van der Waals surface area contributed by atoms with Crippen molar-refractivity contribution in [2.24, 2.45) is 11.7 Å². The first-order chi connectivity index (χ1) is 5.91. The van der Waals surface area contributed by atoms with Crippen molar-refractivity contribution in [3.05, 3.63) is 0 Å². The van der Waals surface area contributed by atoms with E-state index in [1.54, 1.807) is 6.92 Å². The summed E-state index contributed by atoms with van der Waals surface area (Å²) < 4.78 is 24.7. The minimum atomic E-state index is -2.51. The van der Waals surface area contributed by atoms with Gasteiger partial charge in [0.15, 0.2) is 0 Å². The number of amides is 1. The number of carbonyl (C=O) groups is 1.